The van der Waals surface area contributed by atoms with E-state index in [1.54, 1.807) is 12.1 Å². The second kappa shape index (κ2) is 4.94. The van der Waals surface area contributed by atoms with Crippen LogP contribution in [0.2, 0.25) is 5.02 Å². The fraction of sp³-hybridized carbons (Fsp3) is 0.0833. The predicted molar refractivity (Wildman–Crippen MR) is 60.0 cm³/mol. The van der Waals surface area contributed by atoms with E-state index in [1.165, 1.54) is 18.3 Å². The zero-order chi connectivity index (χ0) is 11.4. The average Bonchev–Trinajstić information content (AvgIpc) is 2.30. The largest absolute Gasteiger partial charge is 0.487 e. The second-order valence-electron chi connectivity index (χ2n) is 3.23. The third kappa shape index (κ3) is 2.94. The average molecular weight is 238 g/mol. The maximum atomic E-state index is 12.5. The van der Waals surface area contributed by atoms with Gasteiger partial charge < -0.3 is 4.74 Å². The summed E-state index contributed by atoms with van der Waals surface area (Å²) in [6.07, 6.45) is 1.35. The molecule has 16 heavy (non-hydrogen) atoms. The molecule has 0 amide bonds. The number of rotatable bonds is 3. The molecule has 0 bridgehead atoms. The number of nitrogens with zero attached hydrogens (tertiary/aromatic N) is 1. The van der Waals surface area contributed by atoms with Crippen molar-refractivity contribution in [3.05, 3.63) is 59.1 Å². The van der Waals surface area contributed by atoms with Gasteiger partial charge in [-0.15, -0.1) is 0 Å². The van der Waals surface area contributed by atoms with Gasteiger partial charge in [0.1, 0.15) is 12.4 Å². The van der Waals surface area contributed by atoms with Crippen molar-refractivity contribution in [3.8, 4) is 5.75 Å². The van der Waals surface area contributed by atoms with E-state index in [0.717, 1.165) is 5.56 Å². The highest BCUT2D eigenvalue weighted by Crippen LogP contribution is 2.13. The Hall–Kier alpha value is -1.61. The van der Waals surface area contributed by atoms with Gasteiger partial charge in [-0.1, -0.05) is 23.7 Å². The third-order valence-corrected chi connectivity index (χ3v) is 2.27. The van der Waals surface area contributed by atoms with Crippen LogP contribution >= 0.6 is 11.6 Å². The van der Waals surface area contributed by atoms with E-state index < -0.39 is 5.95 Å². The first-order valence-electron chi connectivity index (χ1n) is 4.73. The van der Waals surface area contributed by atoms with E-state index in [1.807, 2.05) is 12.1 Å². The summed E-state index contributed by atoms with van der Waals surface area (Å²) in [7, 11) is 0. The molecule has 1 heterocycles. The smallest absolute Gasteiger partial charge is 0.213 e. The number of hydrogen-bond acceptors (Lipinski definition) is 2. The summed E-state index contributed by atoms with van der Waals surface area (Å²) in [6, 6.07) is 10.1. The Morgan fingerprint density at radius 3 is 2.50 bits per heavy atom. The van der Waals surface area contributed by atoms with Crippen LogP contribution in [0.15, 0.2) is 42.6 Å². The van der Waals surface area contributed by atoms with E-state index in [-0.39, 0.29) is 0 Å². The molecule has 0 saturated heterocycles. The first-order valence-corrected chi connectivity index (χ1v) is 5.10. The van der Waals surface area contributed by atoms with Crippen molar-refractivity contribution < 1.29 is 9.13 Å². The maximum absolute atomic E-state index is 12.5. The second-order valence-corrected chi connectivity index (χ2v) is 3.67. The molecule has 4 heteroatoms. The summed E-state index contributed by atoms with van der Waals surface area (Å²) in [4.78, 5) is 3.49. The minimum Gasteiger partial charge on any atom is -0.487 e. The Kier molecular flexibility index (Phi) is 3.37. The van der Waals surface area contributed by atoms with Crippen LogP contribution in [0.4, 0.5) is 4.39 Å². The van der Waals surface area contributed by atoms with Gasteiger partial charge in [-0.25, -0.2) is 4.98 Å². The van der Waals surface area contributed by atoms with Crippen LogP contribution in [-0.4, -0.2) is 4.98 Å². The molecule has 2 nitrogen and oxygen atoms in total. The number of benzene rings is 1. The van der Waals surface area contributed by atoms with Crippen molar-refractivity contribution in [2.24, 2.45) is 0 Å². The third-order valence-electron chi connectivity index (χ3n) is 2.02. The number of aromatic nitrogens is 1. The molecule has 0 aliphatic heterocycles. The van der Waals surface area contributed by atoms with Gasteiger partial charge in [0.15, 0.2) is 0 Å². The van der Waals surface area contributed by atoms with Gasteiger partial charge in [-0.3, -0.25) is 0 Å². The van der Waals surface area contributed by atoms with Gasteiger partial charge in [0.2, 0.25) is 5.95 Å². The number of halogens is 2. The van der Waals surface area contributed by atoms with Crippen LogP contribution in [0.1, 0.15) is 5.56 Å². The van der Waals surface area contributed by atoms with Gasteiger partial charge >= 0.3 is 0 Å². The highest BCUT2D eigenvalue weighted by Gasteiger charge is 1.97. The summed E-state index contributed by atoms with van der Waals surface area (Å²) in [5, 5.41) is 0.687. The van der Waals surface area contributed by atoms with Gasteiger partial charge in [-0.05, 0) is 29.8 Å². The molecule has 0 N–H and O–H groups in total. The highest BCUT2D eigenvalue weighted by molar-refractivity contribution is 6.30. The van der Waals surface area contributed by atoms with Gasteiger partial charge in [0.05, 0.1) is 6.20 Å². The first-order chi connectivity index (χ1) is 7.74. The SMILES string of the molecule is Fc1ccc(OCc2ccc(Cl)cc2)cn1. The van der Waals surface area contributed by atoms with Crippen LogP contribution < -0.4 is 4.74 Å². The summed E-state index contributed by atoms with van der Waals surface area (Å²) < 4.78 is 17.9. The number of ether oxygens (including phenoxy) is 1. The van der Waals surface area contributed by atoms with Crippen molar-refractivity contribution in [1.29, 1.82) is 0 Å². The molecule has 0 atom stereocenters. The molecule has 0 fully saturated rings. The lowest BCUT2D eigenvalue weighted by Crippen LogP contribution is -1.95. The first kappa shape index (κ1) is 10.9. The van der Waals surface area contributed by atoms with Crippen LogP contribution in [0.25, 0.3) is 0 Å². The molecule has 2 aromatic rings. The zero-order valence-electron chi connectivity index (χ0n) is 8.36. The molecule has 0 spiro atoms. The molecule has 0 saturated carbocycles. The van der Waals surface area contributed by atoms with E-state index in [2.05, 4.69) is 4.98 Å². The van der Waals surface area contributed by atoms with Crippen molar-refractivity contribution in [2.45, 2.75) is 6.61 Å². The van der Waals surface area contributed by atoms with Gasteiger partial charge in [-0.2, -0.15) is 4.39 Å². The molecule has 0 aliphatic carbocycles. The Morgan fingerprint density at radius 1 is 1.12 bits per heavy atom. The minimum atomic E-state index is -0.515. The molecular weight excluding hydrogens is 229 g/mol. The molecule has 0 radical (unpaired) electrons. The van der Waals surface area contributed by atoms with Crippen molar-refractivity contribution in [1.82, 2.24) is 4.98 Å². The molecule has 82 valence electrons. The Bertz CT molecular complexity index is 410. The Labute approximate surface area is 97.7 Å². The van der Waals surface area contributed by atoms with Crippen LogP contribution in [0.3, 0.4) is 0 Å². The van der Waals surface area contributed by atoms with Crippen molar-refractivity contribution in [3.63, 3.8) is 0 Å². The minimum absolute atomic E-state index is 0.407. The van der Waals surface area contributed by atoms with E-state index in [4.69, 9.17) is 16.3 Å². The van der Waals surface area contributed by atoms with Crippen molar-refractivity contribution >= 4 is 11.6 Å². The summed E-state index contributed by atoms with van der Waals surface area (Å²) >= 11 is 5.75. The molecule has 2 rings (SSSR count). The Balaban J connectivity index is 1.97. The van der Waals surface area contributed by atoms with E-state index in [0.29, 0.717) is 17.4 Å². The zero-order valence-corrected chi connectivity index (χ0v) is 9.12. The molecular formula is C12H9ClFNO. The van der Waals surface area contributed by atoms with Gasteiger partial charge in [0, 0.05) is 5.02 Å². The molecule has 1 aromatic heterocycles. The lowest BCUT2D eigenvalue weighted by atomic mass is 10.2. The standard InChI is InChI=1S/C12H9ClFNO/c13-10-3-1-9(2-4-10)8-16-11-5-6-12(14)15-7-11/h1-7H,8H2. The van der Waals surface area contributed by atoms with Crippen molar-refractivity contribution in [2.75, 3.05) is 0 Å². The molecule has 0 aliphatic rings. The summed E-state index contributed by atoms with van der Waals surface area (Å²) in [5.74, 6) is 0.0233. The maximum Gasteiger partial charge on any atom is 0.213 e. The van der Waals surface area contributed by atoms with Crippen LogP contribution in [0.5, 0.6) is 5.75 Å². The van der Waals surface area contributed by atoms with Crippen LogP contribution in [-0.2, 0) is 6.61 Å². The Morgan fingerprint density at radius 2 is 1.88 bits per heavy atom. The molecule has 1 aromatic carbocycles. The predicted octanol–water partition coefficient (Wildman–Crippen LogP) is 3.45. The summed E-state index contributed by atoms with van der Waals surface area (Å²) in [5.41, 5.74) is 0.994. The van der Waals surface area contributed by atoms with E-state index >= 15 is 0 Å². The van der Waals surface area contributed by atoms with E-state index in [9.17, 15) is 4.39 Å². The highest BCUT2D eigenvalue weighted by atomic mass is 35.5. The van der Waals surface area contributed by atoms with Crippen LogP contribution in [0, 0.1) is 5.95 Å². The fourth-order valence-corrected chi connectivity index (χ4v) is 1.32. The normalized spacial score (nSPS) is 10.1. The van der Waals surface area contributed by atoms with Gasteiger partial charge in [0.25, 0.3) is 0 Å². The lowest BCUT2D eigenvalue weighted by Gasteiger charge is -2.05. The quantitative estimate of drug-likeness (QED) is 0.763. The number of pyridine rings is 1. The topological polar surface area (TPSA) is 22.1 Å². The monoisotopic (exact) mass is 237 g/mol. The molecule has 0 unspecified atom stereocenters. The fourth-order valence-electron chi connectivity index (χ4n) is 1.19. The summed E-state index contributed by atoms with van der Waals surface area (Å²) in [6.45, 7) is 0.407. The lowest BCUT2D eigenvalue weighted by molar-refractivity contribution is 0.304. The number of hydrogen-bond donors (Lipinski definition) is 0.